The van der Waals surface area contributed by atoms with Crippen LogP contribution in [-0.4, -0.2) is 0 Å². The first kappa shape index (κ1) is 20.1. The summed E-state index contributed by atoms with van der Waals surface area (Å²) in [7, 11) is 0. The molecule has 0 radical (unpaired) electrons. The minimum atomic E-state index is -0.389. The lowest BCUT2D eigenvalue weighted by molar-refractivity contribution is 0.432. The molecule has 0 fully saturated rings. The molecule has 0 atom stereocenters. The summed E-state index contributed by atoms with van der Waals surface area (Å²) in [6.07, 6.45) is 0. The van der Waals surface area contributed by atoms with Crippen molar-refractivity contribution in [3.05, 3.63) is 144 Å². The molecule has 0 aromatic heterocycles. The van der Waals surface area contributed by atoms with Gasteiger partial charge in [-0.2, -0.15) is 0 Å². The predicted molar refractivity (Wildman–Crippen MR) is 145 cm³/mol. The number of fused-ring (bicyclic) bond motifs is 6. The highest BCUT2D eigenvalue weighted by Gasteiger charge is 2.42. The Hall–Kier alpha value is -4.36. The molecule has 0 saturated heterocycles. The molecular formula is C34H24O. The van der Waals surface area contributed by atoms with Gasteiger partial charge in [0.25, 0.3) is 0 Å². The van der Waals surface area contributed by atoms with Gasteiger partial charge in [-0.15, -0.1) is 0 Å². The third-order valence-corrected chi connectivity index (χ3v) is 7.57. The molecule has 0 bridgehead atoms. The fraction of sp³-hybridized carbons (Fsp3) is 0.0588. The van der Waals surface area contributed by atoms with Gasteiger partial charge in [-0.3, -0.25) is 0 Å². The molecule has 0 unspecified atom stereocenters. The highest BCUT2D eigenvalue weighted by molar-refractivity contribution is 5.96. The smallest absolute Gasteiger partial charge is 0.132 e. The first-order chi connectivity index (χ1) is 17.2. The maximum atomic E-state index is 6.60. The summed E-state index contributed by atoms with van der Waals surface area (Å²) in [5.74, 6) is 1.86. The Bertz CT molecular complexity index is 1630. The van der Waals surface area contributed by atoms with Gasteiger partial charge in [0, 0.05) is 11.1 Å². The van der Waals surface area contributed by atoms with Crippen molar-refractivity contribution in [1.29, 1.82) is 0 Å². The van der Waals surface area contributed by atoms with Crippen molar-refractivity contribution in [1.82, 2.24) is 0 Å². The minimum absolute atomic E-state index is 0.389. The van der Waals surface area contributed by atoms with Crippen LogP contribution in [0.5, 0.6) is 11.5 Å². The third kappa shape index (κ3) is 2.95. The topological polar surface area (TPSA) is 9.23 Å². The van der Waals surface area contributed by atoms with Crippen LogP contribution in [0.15, 0.2) is 127 Å². The van der Waals surface area contributed by atoms with E-state index >= 15 is 0 Å². The van der Waals surface area contributed by atoms with Crippen molar-refractivity contribution in [2.75, 3.05) is 0 Å². The quantitative estimate of drug-likeness (QED) is 0.257. The maximum Gasteiger partial charge on any atom is 0.132 e. The number of hydrogen-bond acceptors (Lipinski definition) is 1. The van der Waals surface area contributed by atoms with Gasteiger partial charge < -0.3 is 4.74 Å². The zero-order chi connectivity index (χ0) is 23.4. The van der Waals surface area contributed by atoms with E-state index in [1.54, 1.807) is 0 Å². The highest BCUT2D eigenvalue weighted by atomic mass is 16.5. The summed E-state index contributed by atoms with van der Waals surface area (Å²) in [5, 5.41) is 4.92. The molecule has 1 heteroatoms. The average Bonchev–Trinajstić information content (AvgIpc) is 2.93. The van der Waals surface area contributed by atoms with E-state index in [1.807, 2.05) is 0 Å². The number of rotatable bonds is 2. The van der Waals surface area contributed by atoms with E-state index in [0.29, 0.717) is 0 Å². The number of ether oxygens (including phenoxy) is 1. The van der Waals surface area contributed by atoms with Gasteiger partial charge in [0.1, 0.15) is 11.5 Å². The Kier molecular flexibility index (Phi) is 4.34. The van der Waals surface area contributed by atoms with Crippen LogP contribution in [0.1, 0.15) is 23.6 Å². The molecule has 166 valence electrons. The molecule has 6 aromatic carbocycles. The molecule has 6 aromatic rings. The molecule has 0 N–H and O–H groups in total. The number of hydrogen-bond donors (Lipinski definition) is 0. The van der Waals surface area contributed by atoms with E-state index in [4.69, 9.17) is 4.74 Å². The summed E-state index contributed by atoms with van der Waals surface area (Å²) in [6, 6.07) is 45.5. The van der Waals surface area contributed by atoms with E-state index < -0.39 is 0 Å². The second kappa shape index (κ2) is 7.58. The van der Waals surface area contributed by atoms with Gasteiger partial charge in [-0.25, -0.2) is 0 Å². The second-order valence-corrected chi connectivity index (χ2v) is 9.49. The van der Waals surface area contributed by atoms with Crippen molar-refractivity contribution in [2.45, 2.75) is 12.3 Å². The van der Waals surface area contributed by atoms with Gasteiger partial charge in [0.2, 0.25) is 0 Å². The van der Waals surface area contributed by atoms with Crippen LogP contribution in [0.3, 0.4) is 0 Å². The molecule has 1 nitrogen and oxygen atoms in total. The van der Waals surface area contributed by atoms with Crippen LogP contribution in [0.25, 0.3) is 32.7 Å². The van der Waals surface area contributed by atoms with Crippen LogP contribution in [0.4, 0.5) is 0 Å². The lowest BCUT2D eigenvalue weighted by atomic mass is 9.66. The fourth-order valence-corrected chi connectivity index (χ4v) is 5.86. The van der Waals surface area contributed by atoms with Crippen LogP contribution < -0.4 is 4.74 Å². The van der Waals surface area contributed by atoms with Crippen molar-refractivity contribution in [3.8, 4) is 22.6 Å². The summed E-state index contributed by atoms with van der Waals surface area (Å²) < 4.78 is 6.60. The Morgan fingerprint density at radius 3 is 1.51 bits per heavy atom. The second-order valence-electron chi connectivity index (χ2n) is 9.49. The van der Waals surface area contributed by atoms with Crippen LogP contribution in [0.2, 0.25) is 0 Å². The first-order valence-corrected chi connectivity index (χ1v) is 12.1. The lowest BCUT2D eigenvalue weighted by Crippen LogP contribution is -2.30. The predicted octanol–water partition coefficient (Wildman–Crippen LogP) is 9.12. The van der Waals surface area contributed by atoms with Gasteiger partial charge in [0.15, 0.2) is 0 Å². The van der Waals surface area contributed by atoms with Crippen LogP contribution in [-0.2, 0) is 5.41 Å². The minimum Gasteiger partial charge on any atom is -0.457 e. The highest BCUT2D eigenvalue weighted by Crippen LogP contribution is 2.55. The van der Waals surface area contributed by atoms with Gasteiger partial charge in [-0.05, 0) is 57.3 Å². The van der Waals surface area contributed by atoms with Crippen LogP contribution in [0, 0.1) is 0 Å². The molecule has 7 rings (SSSR count). The van der Waals surface area contributed by atoms with Gasteiger partial charge >= 0.3 is 0 Å². The molecule has 1 heterocycles. The molecule has 0 amide bonds. The van der Waals surface area contributed by atoms with Crippen molar-refractivity contribution in [2.24, 2.45) is 0 Å². The molecule has 1 aliphatic heterocycles. The van der Waals surface area contributed by atoms with Crippen molar-refractivity contribution >= 4 is 21.5 Å². The summed E-state index contributed by atoms with van der Waals surface area (Å²) in [5.41, 5.74) is 5.78. The monoisotopic (exact) mass is 448 g/mol. The third-order valence-electron chi connectivity index (χ3n) is 7.57. The Labute approximate surface area is 205 Å². The molecule has 0 aliphatic carbocycles. The average molecular weight is 449 g/mol. The van der Waals surface area contributed by atoms with Crippen LogP contribution >= 0.6 is 0 Å². The van der Waals surface area contributed by atoms with E-state index in [1.165, 1.54) is 49.4 Å². The Morgan fingerprint density at radius 2 is 0.943 bits per heavy atom. The lowest BCUT2D eigenvalue weighted by Gasteiger charge is -2.40. The van der Waals surface area contributed by atoms with Crippen molar-refractivity contribution in [3.63, 3.8) is 0 Å². The van der Waals surface area contributed by atoms with Crippen molar-refractivity contribution < 1.29 is 4.74 Å². The molecule has 0 saturated carbocycles. The van der Waals surface area contributed by atoms with E-state index in [0.717, 1.165) is 11.5 Å². The summed E-state index contributed by atoms with van der Waals surface area (Å²) >= 11 is 0. The largest absolute Gasteiger partial charge is 0.457 e. The molecule has 0 spiro atoms. The standard InChI is InChI=1S/C34H24O/c1-34(27-19-15-24(16-20-27)23-9-3-2-4-10-23)32-28-13-7-5-11-25(28)17-21-30(32)35-31-22-18-26-12-6-8-14-29(26)33(31)34/h2-22H,1H3. The first-order valence-electron chi connectivity index (χ1n) is 12.1. The molecule has 35 heavy (non-hydrogen) atoms. The molecular weight excluding hydrogens is 424 g/mol. The maximum absolute atomic E-state index is 6.60. The summed E-state index contributed by atoms with van der Waals surface area (Å²) in [6.45, 7) is 2.36. The fourth-order valence-electron chi connectivity index (χ4n) is 5.86. The van der Waals surface area contributed by atoms with E-state index in [2.05, 4.69) is 134 Å². The zero-order valence-electron chi connectivity index (χ0n) is 19.5. The van der Waals surface area contributed by atoms with E-state index in [9.17, 15) is 0 Å². The van der Waals surface area contributed by atoms with Gasteiger partial charge in [0.05, 0.1) is 5.41 Å². The Balaban J connectivity index is 1.56. The Morgan fingerprint density at radius 1 is 0.457 bits per heavy atom. The SMILES string of the molecule is CC1(c2ccc(-c3ccccc3)cc2)c2c(ccc3ccccc23)Oc2ccc3ccccc3c21. The number of benzene rings is 6. The molecule has 1 aliphatic rings. The summed E-state index contributed by atoms with van der Waals surface area (Å²) in [4.78, 5) is 0. The zero-order valence-corrected chi connectivity index (χ0v) is 19.5. The van der Waals surface area contributed by atoms with Gasteiger partial charge in [-0.1, -0.05) is 115 Å². The normalized spacial score (nSPS) is 13.7. The van der Waals surface area contributed by atoms with E-state index in [-0.39, 0.29) is 5.41 Å².